The Balaban J connectivity index is 2.41. The number of halogens is 1. The van der Waals surface area contributed by atoms with Crippen LogP contribution < -0.4 is 0 Å². The molecule has 0 saturated carbocycles. The number of nitrogens with zero attached hydrogens (tertiary/aromatic N) is 2. The molecule has 0 atom stereocenters. The number of aromatic nitrogens is 2. The first-order chi connectivity index (χ1) is 10.7. The lowest BCUT2D eigenvalue weighted by molar-refractivity contribution is 0.0584. The van der Waals surface area contributed by atoms with Gasteiger partial charge in [0, 0.05) is 16.7 Å². The van der Waals surface area contributed by atoms with E-state index in [1.54, 1.807) is 5.38 Å². The molecule has 124 valence electrons. The van der Waals surface area contributed by atoms with Crippen molar-refractivity contribution in [2.75, 3.05) is 14.2 Å². The molecule has 2 aromatic heterocycles. The van der Waals surface area contributed by atoms with Crippen LogP contribution in [0.3, 0.4) is 0 Å². The molecule has 2 heterocycles. The highest BCUT2D eigenvalue weighted by atomic mass is 32.1. The summed E-state index contributed by atoms with van der Waals surface area (Å²) in [6.07, 6.45) is 0.0321. The van der Waals surface area contributed by atoms with Gasteiger partial charge in [0.05, 0.1) is 14.2 Å². The molecule has 2 aromatic rings. The predicted molar refractivity (Wildman–Crippen MR) is 84.8 cm³/mol. The molecule has 0 aromatic carbocycles. The second kappa shape index (κ2) is 6.71. The Hall–Kier alpha value is -1.87. The molecule has 0 bridgehead atoms. The summed E-state index contributed by atoms with van der Waals surface area (Å²) in [5, 5.41) is 2.44. The molecule has 0 unspecified atom stereocenters. The van der Waals surface area contributed by atoms with Crippen molar-refractivity contribution in [2.45, 2.75) is 25.9 Å². The van der Waals surface area contributed by atoms with Gasteiger partial charge in [-0.05, 0) is 13.8 Å². The fourth-order valence-electron chi connectivity index (χ4n) is 1.77. The van der Waals surface area contributed by atoms with Gasteiger partial charge in [0.2, 0.25) is 0 Å². The first-order valence-corrected chi connectivity index (χ1v) is 8.26. The van der Waals surface area contributed by atoms with E-state index in [-0.39, 0.29) is 17.8 Å². The Morgan fingerprint density at radius 3 is 2.39 bits per heavy atom. The van der Waals surface area contributed by atoms with Crippen LogP contribution in [0, 0.1) is 0 Å². The smallest absolute Gasteiger partial charge is 0.357 e. The number of alkyl halides is 1. The summed E-state index contributed by atoms with van der Waals surface area (Å²) in [6.45, 7) is 2.85. The Morgan fingerprint density at radius 2 is 1.83 bits per heavy atom. The van der Waals surface area contributed by atoms with Crippen LogP contribution in [0.1, 0.15) is 39.7 Å². The summed E-state index contributed by atoms with van der Waals surface area (Å²) in [6, 6.07) is 0. The molecule has 0 amide bonds. The molecule has 6 nitrogen and oxygen atoms in total. The number of ether oxygens (including phenoxy) is 2. The third-order valence-corrected chi connectivity index (χ3v) is 4.78. The zero-order valence-corrected chi connectivity index (χ0v) is 14.6. The second-order valence-corrected chi connectivity index (χ2v) is 7.15. The maximum atomic E-state index is 13.9. The zero-order chi connectivity index (χ0) is 17.2. The first-order valence-electron chi connectivity index (χ1n) is 6.56. The maximum absolute atomic E-state index is 13.9. The zero-order valence-electron chi connectivity index (χ0n) is 13.0. The minimum Gasteiger partial charge on any atom is -0.464 e. The van der Waals surface area contributed by atoms with E-state index in [2.05, 4.69) is 14.7 Å². The van der Waals surface area contributed by atoms with Gasteiger partial charge in [0.25, 0.3) is 0 Å². The van der Waals surface area contributed by atoms with E-state index < -0.39 is 17.6 Å². The lowest BCUT2D eigenvalue weighted by atomic mass is 10.1. The molecule has 23 heavy (non-hydrogen) atoms. The van der Waals surface area contributed by atoms with Crippen molar-refractivity contribution in [1.29, 1.82) is 0 Å². The highest BCUT2D eigenvalue weighted by Gasteiger charge is 2.27. The van der Waals surface area contributed by atoms with Gasteiger partial charge in [-0.25, -0.2) is 23.9 Å². The van der Waals surface area contributed by atoms with Crippen LogP contribution in [0.15, 0.2) is 5.38 Å². The summed E-state index contributed by atoms with van der Waals surface area (Å²) in [4.78, 5) is 32.1. The first kappa shape index (κ1) is 17.5. The average Bonchev–Trinajstić information content (AvgIpc) is 3.10. The van der Waals surface area contributed by atoms with Crippen molar-refractivity contribution in [2.24, 2.45) is 0 Å². The Labute approximate surface area is 140 Å². The van der Waals surface area contributed by atoms with Crippen LogP contribution in [0.2, 0.25) is 0 Å². The van der Waals surface area contributed by atoms with Gasteiger partial charge in [-0.15, -0.1) is 22.7 Å². The van der Waals surface area contributed by atoms with Crippen molar-refractivity contribution in [3.63, 3.8) is 0 Å². The van der Waals surface area contributed by atoms with Crippen molar-refractivity contribution >= 4 is 34.6 Å². The molecule has 0 spiro atoms. The molecule has 0 aliphatic heterocycles. The number of thiazole rings is 2. The fraction of sp³-hybridized carbons (Fsp3) is 0.429. The van der Waals surface area contributed by atoms with Gasteiger partial charge in [0.1, 0.15) is 5.67 Å². The van der Waals surface area contributed by atoms with Gasteiger partial charge in [-0.3, -0.25) is 0 Å². The number of carbonyl (C=O) groups excluding carboxylic acids is 2. The summed E-state index contributed by atoms with van der Waals surface area (Å²) < 4.78 is 23.2. The molecular formula is C14H15FN2O4S2. The molecule has 0 fully saturated rings. The van der Waals surface area contributed by atoms with E-state index in [1.165, 1.54) is 39.4 Å². The molecule has 0 aliphatic rings. The highest BCUT2D eigenvalue weighted by molar-refractivity contribution is 7.21. The normalized spacial score (nSPS) is 11.3. The minimum absolute atomic E-state index is 0.0321. The van der Waals surface area contributed by atoms with Crippen molar-refractivity contribution in [3.8, 4) is 10.0 Å². The molecule has 0 aliphatic carbocycles. The topological polar surface area (TPSA) is 78.4 Å². The molecule has 0 saturated heterocycles. The summed E-state index contributed by atoms with van der Waals surface area (Å²) in [5.74, 6) is -1.18. The molecule has 0 N–H and O–H groups in total. The Morgan fingerprint density at radius 1 is 1.17 bits per heavy atom. The van der Waals surface area contributed by atoms with Crippen LogP contribution in [0.5, 0.6) is 0 Å². The Bertz CT molecular complexity index is 733. The third-order valence-electron chi connectivity index (χ3n) is 2.74. The molecule has 0 radical (unpaired) electrons. The van der Waals surface area contributed by atoms with Gasteiger partial charge < -0.3 is 9.47 Å². The standard InChI is InChI=1S/C14H15FN2O4S2/c1-14(2,15)5-8-9(13(19)21-4)17-11(23-8)10-16-7(6-22-10)12(18)20-3/h6H,5H2,1-4H3. The summed E-state index contributed by atoms with van der Waals surface area (Å²) in [5.41, 5.74) is -1.25. The Kier molecular flexibility index (Phi) is 5.10. The lowest BCUT2D eigenvalue weighted by Gasteiger charge is -2.12. The van der Waals surface area contributed by atoms with Crippen LogP contribution in [-0.2, 0) is 15.9 Å². The van der Waals surface area contributed by atoms with Gasteiger partial charge in [0.15, 0.2) is 21.4 Å². The van der Waals surface area contributed by atoms with Crippen LogP contribution in [-0.4, -0.2) is 41.8 Å². The molecule has 9 heteroatoms. The quantitative estimate of drug-likeness (QED) is 0.764. The van der Waals surface area contributed by atoms with E-state index in [0.717, 1.165) is 11.3 Å². The molecular weight excluding hydrogens is 343 g/mol. The fourth-order valence-corrected chi connectivity index (χ4v) is 3.85. The van der Waals surface area contributed by atoms with E-state index in [0.29, 0.717) is 14.9 Å². The van der Waals surface area contributed by atoms with Crippen LogP contribution in [0.25, 0.3) is 10.0 Å². The summed E-state index contributed by atoms with van der Waals surface area (Å²) >= 11 is 2.36. The molecule has 2 rings (SSSR count). The minimum atomic E-state index is -1.49. The third kappa shape index (κ3) is 4.11. The second-order valence-electron chi connectivity index (χ2n) is 5.21. The van der Waals surface area contributed by atoms with Gasteiger partial charge in [-0.1, -0.05) is 0 Å². The number of methoxy groups -OCH3 is 2. The monoisotopic (exact) mass is 358 g/mol. The van der Waals surface area contributed by atoms with E-state index in [1.807, 2.05) is 0 Å². The lowest BCUT2D eigenvalue weighted by Crippen LogP contribution is -2.17. The van der Waals surface area contributed by atoms with E-state index in [9.17, 15) is 14.0 Å². The van der Waals surface area contributed by atoms with Gasteiger partial charge >= 0.3 is 11.9 Å². The van der Waals surface area contributed by atoms with Crippen LogP contribution >= 0.6 is 22.7 Å². The average molecular weight is 358 g/mol. The number of hydrogen-bond acceptors (Lipinski definition) is 8. The predicted octanol–water partition coefficient (Wildman–Crippen LogP) is 3.13. The van der Waals surface area contributed by atoms with E-state index >= 15 is 0 Å². The van der Waals surface area contributed by atoms with Crippen LogP contribution in [0.4, 0.5) is 4.39 Å². The number of carbonyl (C=O) groups is 2. The van der Waals surface area contributed by atoms with Crippen molar-refractivity contribution < 1.29 is 23.5 Å². The largest absolute Gasteiger partial charge is 0.464 e. The van der Waals surface area contributed by atoms with Gasteiger partial charge in [-0.2, -0.15) is 0 Å². The summed E-state index contributed by atoms with van der Waals surface area (Å²) in [7, 11) is 2.51. The maximum Gasteiger partial charge on any atom is 0.357 e. The highest BCUT2D eigenvalue weighted by Crippen LogP contribution is 2.33. The number of hydrogen-bond donors (Lipinski definition) is 0. The van der Waals surface area contributed by atoms with Crippen molar-refractivity contribution in [3.05, 3.63) is 21.6 Å². The van der Waals surface area contributed by atoms with E-state index in [4.69, 9.17) is 4.74 Å². The number of esters is 2. The number of rotatable bonds is 5. The van der Waals surface area contributed by atoms with Crippen molar-refractivity contribution in [1.82, 2.24) is 9.97 Å². The SMILES string of the molecule is COC(=O)c1csc(-c2nc(C(=O)OC)c(CC(C)(C)F)s2)n1.